The average molecular weight is 415 g/mol. The van der Waals surface area contributed by atoms with Crippen LogP contribution < -0.4 is 10.1 Å². The number of hydrogen-bond acceptors (Lipinski definition) is 4. The van der Waals surface area contributed by atoms with Crippen molar-refractivity contribution in [3.8, 4) is 5.75 Å². The molecule has 0 saturated carbocycles. The van der Waals surface area contributed by atoms with Crippen LogP contribution in [0.5, 0.6) is 5.75 Å². The van der Waals surface area contributed by atoms with E-state index < -0.39 is 0 Å². The molecule has 5 heteroatoms. The number of rotatable bonds is 7. The van der Waals surface area contributed by atoms with Gasteiger partial charge >= 0.3 is 0 Å². The summed E-state index contributed by atoms with van der Waals surface area (Å²) >= 11 is 0. The molecule has 158 valence electrons. The monoisotopic (exact) mass is 414 g/mol. The molecule has 1 amide bonds. The molecule has 0 atom stereocenters. The number of carbonyl (C=O) groups excluding carboxylic acids is 1. The molecule has 0 bridgehead atoms. The SMILES string of the molecule is CCOc1cccc(C(=O)Nc2ccc(Cc3nc4cc(C(C)C)ccc4o3)cc2)c1. The Kier molecular flexibility index (Phi) is 6.03. The zero-order valence-corrected chi connectivity index (χ0v) is 18.0. The summed E-state index contributed by atoms with van der Waals surface area (Å²) in [6, 6.07) is 21.0. The third-order valence-corrected chi connectivity index (χ3v) is 5.10. The van der Waals surface area contributed by atoms with Crippen LogP contribution in [-0.4, -0.2) is 17.5 Å². The summed E-state index contributed by atoms with van der Waals surface area (Å²) in [6.45, 7) is 6.81. The molecular weight excluding hydrogens is 388 g/mol. The van der Waals surface area contributed by atoms with Gasteiger partial charge in [0.2, 0.25) is 0 Å². The number of aromatic nitrogens is 1. The first-order chi connectivity index (χ1) is 15.0. The lowest BCUT2D eigenvalue weighted by Gasteiger charge is -2.08. The molecule has 0 fully saturated rings. The molecule has 0 radical (unpaired) electrons. The maximum absolute atomic E-state index is 12.5. The Labute approximate surface area is 182 Å². The number of fused-ring (bicyclic) bond motifs is 1. The summed E-state index contributed by atoms with van der Waals surface area (Å²) in [7, 11) is 0. The summed E-state index contributed by atoms with van der Waals surface area (Å²) in [6.07, 6.45) is 0.594. The fourth-order valence-electron chi connectivity index (χ4n) is 3.40. The fraction of sp³-hybridized carbons (Fsp3) is 0.231. The van der Waals surface area contributed by atoms with Gasteiger partial charge in [0.05, 0.1) is 6.61 Å². The van der Waals surface area contributed by atoms with Crippen molar-refractivity contribution >= 4 is 22.7 Å². The van der Waals surface area contributed by atoms with Gasteiger partial charge in [0.25, 0.3) is 5.91 Å². The minimum atomic E-state index is -0.172. The predicted octanol–water partition coefficient (Wildman–Crippen LogP) is 6.19. The molecule has 0 spiro atoms. The Balaban J connectivity index is 1.43. The molecule has 4 rings (SSSR count). The lowest BCUT2D eigenvalue weighted by atomic mass is 10.0. The van der Waals surface area contributed by atoms with Crippen LogP contribution in [0.25, 0.3) is 11.1 Å². The second-order valence-electron chi connectivity index (χ2n) is 7.78. The highest BCUT2D eigenvalue weighted by molar-refractivity contribution is 6.04. The van der Waals surface area contributed by atoms with Crippen LogP contribution in [-0.2, 0) is 6.42 Å². The zero-order valence-electron chi connectivity index (χ0n) is 18.0. The van der Waals surface area contributed by atoms with Crippen molar-refractivity contribution in [2.75, 3.05) is 11.9 Å². The van der Waals surface area contributed by atoms with Crippen LogP contribution in [0.2, 0.25) is 0 Å². The van der Waals surface area contributed by atoms with E-state index >= 15 is 0 Å². The van der Waals surface area contributed by atoms with Gasteiger partial charge in [-0.3, -0.25) is 4.79 Å². The molecule has 3 aromatic carbocycles. The van der Waals surface area contributed by atoms with Gasteiger partial charge in [0, 0.05) is 17.7 Å². The molecule has 0 unspecified atom stereocenters. The van der Waals surface area contributed by atoms with Gasteiger partial charge in [-0.05, 0) is 66.4 Å². The van der Waals surface area contributed by atoms with Crippen LogP contribution in [0.1, 0.15) is 54.1 Å². The van der Waals surface area contributed by atoms with Crippen LogP contribution >= 0.6 is 0 Å². The van der Waals surface area contributed by atoms with Crippen molar-refractivity contribution in [1.82, 2.24) is 4.98 Å². The van der Waals surface area contributed by atoms with Crippen molar-refractivity contribution in [2.24, 2.45) is 0 Å². The lowest BCUT2D eigenvalue weighted by molar-refractivity contribution is 0.102. The highest BCUT2D eigenvalue weighted by Gasteiger charge is 2.10. The maximum Gasteiger partial charge on any atom is 0.255 e. The van der Waals surface area contributed by atoms with Gasteiger partial charge in [-0.25, -0.2) is 4.98 Å². The zero-order chi connectivity index (χ0) is 21.8. The van der Waals surface area contributed by atoms with E-state index in [4.69, 9.17) is 9.15 Å². The van der Waals surface area contributed by atoms with E-state index in [-0.39, 0.29) is 5.91 Å². The highest BCUT2D eigenvalue weighted by Crippen LogP contribution is 2.23. The Bertz CT molecular complexity index is 1190. The van der Waals surface area contributed by atoms with E-state index in [2.05, 4.69) is 36.3 Å². The number of carbonyl (C=O) groups is 1. The third-order valence-electron chi connectivity index (χ3n) is 5.10. The van der Waals surface area contributed by atoms with Gasteiger partial charge in [0.15, 0.2) is 11.5 Å². The molecular formula is C26H26N2O3. The van der Waals surface area contributed by atoms with Gasteiger partial charge in [-0.1, -0.05) is 38.1 Å². The molecule has 1 N–H and O–H groups in total. The summed E-state index contributed by atoms with van der Waals surface area (Å²) in [5.74, 6) is 1.65. The van der Waals surface area contributed by atoms with Gasteiger partial charge in [-0.15, -0.1) is 0 Å². The number of nitrogens with one attached hydrogen (secondary N) is 1. The Morgan fingerprint density at radius 2 is 1.87 bits per heavy atom. The van der Waals surface area contributed by atoms with Crippen LogP contribution in [0, 0.1) is 0 Å². The van der Waals surface area contributed by atoms with Crippen LogP contribution in [0.4, 0.5) is 5.69 Å². The first kappa shape index (κ1) is 20.7. The molecule has 0 aliphatic rings. The predicted molar refractivity (Wildman–Crippen MR) is 123 cm³/mol. The van der Waals surface area contributed by atoms with E-state index in [1.165, 1.54) is 5.56 Å². The number of amides is 1. The van der Waals surface area contributed by atoms with E-state index in [1.807, 2.05) is 49.4 Å². The largest absolute Gasteiger partial charge is 0.494 e. The molecule has 1 heterocycles. The van der Waals surface area contributed by atoms with Crippen molar-refractivity contribution in [3.63, 3.8) is 0 Å². The fourth-order valence-corrected chi connectivity index (χ4v) is 3.40. The number of anilines is 1. The van der Waals surface area contributed by atoms with E-state index in [1.54, 1.807) is 12.1 Å². The average Bonchev–Trinajstić information content (AvgIpc) is 3.17. The highest BCUT2D eigenvalue weighted by atomic mass is 16.5. The quantitative estimate of drug-likeness (QED) is 0.391. The number of benzene rings is 3. The summed E-state index contributed by atoms with van der Waals surface area (Å²) in [5.41, 5.74) is 5.29. The number of nitrogens with zero attached hydrogens (tertiary/aromatic N) is 1. The van der Waals surface area contributed by atoms with Crippen LogP contribution in [0.3, 0.4) is 0 Å². The summed E-state index contributed by atoms with van der Waals surface area (Å²) < 4.78 is 11.4. The van der Waals surface area contributed by atoms with Gasteiger partial charge in [0.1, 0.15) is 11.3 Å². The first-order valence-electron chi connectivity index (χ1n) is 10.5. The van der Waals surface area contributed by atoms with E-state index in [0.717, 1.165) is 22.4 Å². The molecule has 4 aromatic rings. The van der Waals surface area contributed by atoms with Gasteiger partial charge in [-0.2, -0.15) is 0 Å². The Morgan fingerprint density at radius 3 is 2.61 bits per heavy atom. The normalized spacial score (nSPS) is 11.1. The summed E-state index contributed by atoms with van der Waals surface area (Å²) in [4.78, 5) is 17.2. The second kappa shape index (κ2) is 9.04. The standard InChI is InChI=1S/C26H26N2O3/c1-4-30-22-7-5-6-20(15-22)26(29)27-21-11-8-18(9-12-21)14-25-28-23-16-19(17(2)3)10-13-24(23)31-25/h5-13,15-17H,4,14H2,1-3H3,(H,27,29). The van der Waals surface area contributed by atoms with Gasteiger partial charge < -0.3 is 14.5 Å². The number of ether oxygens (including phenoxy) is 1. The number of oxazole rings is 1. The van der Waals surface area contributed by atoms with Crippen LogP contribution in [0.15, 0.2) is 71.1 Å². The van der Waals surface area contributed by atoms with E-state index in [0.29, 0.717) is 36.1 Å². The van der Waals surface area contributed by atoms with E-state index in [9.17, 15) is 4.79 Å². The minimum Gasteiger partial charge on any atom is -0.494 e. The first-order valence-corrected chi connectivity index (χ1v) is 10.5. The van der Waals surface area contributed by atoms with Crippen molar-refractivity contribution in [3.05, 3.63) is 89.3 Å². The van der Waals surface area contributed by atoms with Crippen molar-refractivity contribution in [1.29, 1.82) is 0 Å². The molecule has 0 saturated heterocycles. The Morgan fingerprint density at radius 1 is 1.06 bits per heavy atom. The molecule has 0 aliphatic heterocycles. The minimum absolute atomic E-state index is 0.172. The summed E-state index contributed by atoms with van der Waals surface area (Å²) in [5, 5.41) is 2.92. The number of hydrogen-bond donors (Lipinski definition) is 1. The van der Waals surface area contributed by atoms with Crippen molar-refractivity contribution < 1.29 is 13.9 Å². The molecule has 31 heavy (non-hydrogen) atoms. The second-order valence-corrected chi connectivity index (χ2v) is 7.78. The lowest BCUT2D eigenvalue weighted by Crippen LogP contribution is -2.12. The molecule has 1 aromatic heterocycles. The topological polar surface area (TPSA) is 64.4 Å². The molecule has 0 aliphatic carbocycles. The smallest absolute Gasteiger partial charge is 0.255 e. The van der Waals surface area contributed by atoms with Crippen molar-refractivity contribution in [2.45, 2.75) is 33.1 Å². The Hall–Kier alpha value is -3.60. The molecule has 5 nitrogen and oxygen atoms in total. The third kappa shape index (κ3) is 4.94. The maximum atomic E-state index is 12.5.